The number of carbonyl (C=O) groups excluding carboxylic acids is 1. The lowest BCUT2D eigenvalue weighted by atomic mass is 10.1. The summed E-state index contributed by atoms with van der Waals surface area (Å²) >= 11 is 0. The van der Waals surface area contributed by atoms with Crippen LogP contribution in [0.1, 0.15) is 36.0 Å². The molecule has 0 spiro atoms. The standard InChI is InChI=1S/C19H23N5O2/c25-18(24-10-1-2-11-24)15-4-9-20-17(14-15)23-12-5-16(6-13-23)26-19-21-7-3-8-22-19/h3-4,7-9,14,16H,1-2,5-6,10-13H2. The molecule has 136 valence electrons. The maximum Gasteiger partial charge on any atom is 0.316 e. The van der Waals surface area contributed by atoms with Crippen molar-refractivity contribution in [2.75, 3.05) is 31.1 Å². The van der Waals surface area contributed by atoms with Gasteiger partial charge in [0.05, 0.1) is 0 Å². The zero-order valence-electron chi connectivity index (χ0n) is 14.8. The van der Waals surface area contributed by atoms with Crippen LogP contribution in [-0.4, -0.2) is 58.0 Å². The number of hydrogen-bond donors (Lipinski definition) is 0. The molecule has 26 heavy (non-hydrogen) atoms. The van der Waals surface area contributed by atoms with E-state index in [0.717, 1.165) is 63.2 Å². The number of amides is 1. The predicted molar refractivity (Wildman–Crippen MR) is 97.3 cm³/mol. The lowest BCUT2D eigenvalue weighted by molar-refractivity contribution is 0.0792. The number of likely N-dealkylation sites (tertiary alicyclic amines) is 1. The van der Waals surface area contributed by atoms with Gasteiger partial charge in [0.15, 0.2) is 0 Å². The lowest BCUT2D eigenvalue weighted by Crippen LogP contribution is -2.39. The van der Waals surface area contributed by atoms with Crippen LogP contribution >= 0.6 is 0 Å². The second kappa shape index (κ2) is 7.68. The molecule has 2 aliphatic rings. The molecule has 1 amide bonds. The molecule has 2 saturated heterocycles. The Morgan fingerprint density at radius 2 is 1.73 bits per heavy atom. The average Bonchev–Trinajstić information content (AvgIpc) is 3.24. The summed E-state index contributed by atoms with van der Waals surface area (Å²) in [6.07, 6.45) is 9.18. The first kappa shape index (κ1) is 16.8. The van der Waals surface area contributed by atoms with E-state index in [1.807, 2.05) is 17.0 Å². The van der Waals surface area contributed by atoms with Crippen molar-refractivity contribution < 1.29 is 9.53 Å². The predicted octanol–water partition coefficient (Wildman–Crippen LogP) is 2.16. The molecule has 2 aromatic rings. The highest BCUT2D eigenvalue weighted by atomic mass is 16.5. The quantitative estimate of drug-likeness (QED) is 0.839. The number of piperidine rings is 1. The summed E-state index contributed by atoms with van der Waals surface area (Å²) in [6, 6.07) is 5.94. The van der Waals surface area contributed by atoms with Crippen LogP contribution in [0.15, 0.2) is 36.8 Å². The second-order valence-electron chi connectivity index (χ2n) is 6.74. The highest BCUT2D eigenvalue weighted by Gasteiger charge is 2.24. The van der Waals surface area contributed by atoms with E-state index in [-0.39, 0.29) is 12.0 Å². The molecule has 0 atom stereocenters. The molecule has 2 aliphatic heterocycles. The molecular formula is C19H23N5O2. The van der Waals surface area contributed by atoms with Crippen LogP contribution in [0.5, 0.6) is 6.01 Å². The monoisotopic (exact) mass is 353 g/mol. The minimum atomic E-state index is 0.114. The summed E-state index contributed by atoms with van der Waals surface area (Å²) in [5, 5.41) is 0. The average molecular weight is 353 g/mol. The van der Waals surface area contributed by atoms with Gasteiger partial charge in [0.2, 0.25) is 0 Å². The Morgan fingerprint density at radius 1 is 1.00 bits per heavy atom. The number of nitrogens with zero attached hydrogens (tertiary/aromatic N) is 5. The fourth-order valence-corrected chi connectivity index (χ4v) is 3.53. The SMILES string of the molecule is O=C(c1ccnc(N2CCC(Oc3ncccn3)CC2)c1)N1CCCC1. The van der Waals surface area contributed by atoms with Crippen molar-refractivity contribution in [2.45, 2.75) is 31.8 Å². The third-order valence-corrected chi connectivity index (χ3v) is 4.97. The Balaban J connectivity index is 1.37. The summed E-state index contributed by atoms with van der Waals surface area (Å²) in [5.74, 6) is 0.982. The van der Waals surface area contributed by atoms with Crippen molar-refractivity contribution in [3.63, 3.8) is 0 Å². The summed E-state index contributed by atoms with van der Waals surface area (Å²) < 4.78 is 5.84. The van der Waals surface area contributed by atoms with Crippen LogP contribution in [0.3, 0.4) is 0 Å². The zero-order chi connectivity index (χ0) is 17.8. The number of ether oxygens (including phenoxy) is 1. The molecule has 0 saturated carbocycles. The van der Waals surface area contributed by atoms with E-state index in [9.17, 15) is 4.79 Å². The zero-order valence-corrected chi connectivity index (χ0v) is 14.8. The van der Waals surface area contributed by atoms with E-state index in [2.05, 4.69) is 19.9 Å². The van der Waals surface area contributed by atoms with E-state index in [1.165, 1.54) is 0 Å². The van der Waals surface area contributed by atoms with E-state index < -0.39 is 0 Å². The Labute approximate surface area is 153 Å². The van der Waals surface area contributed by atoms with Gasteiger partial charge in [-0.3, -0.25) is 4.79 Å². The highest BCUT2D eigenvalue weighted by Crippen LogP contribution is 2.22. The van der Waals surface area contributed by atoms with Crippen molar-refractivity contribution >= 4 is 11.7 Å². The number of rotatable bonds is 4. The van der Waals surface area contributed by atoms with Crippen molar-refractivity contribution in [1.82, 2.24) is 19.9 Å². The molecule has 7 heteroatoms. The molecule has 0 aliphatic carbocycles. The molecule has 0 unspecified atom stereocenters. The largest absolute Gasteiger partial charge is 0.460 e. The van der Waals surface area contributed by atoms with Gasteiger partial charge in [0.1, 0.15) is 11.9 Å². The van der Waals surface area contributed by atoms with Gasteiger partial charge in [-0.25, -0.2) is 15.0 Å². The smallest absolute Gasteiger partial charge is 0.316 e. The Hall–Kier alpha value is -2.70. The Kier molecular flexibility index (Phi) is 4.95. The van der Waals surface area contributed by atoms with Crippen molar-refractivity contribution in [3.8, 4) is 6.01 Å². The van der Waals surface area contributed by atoms with Gasteiger partial charge >= 0.3 is 6.01 Å². The van der Waals surface area contributed by atoms with Gasteiger partial charge in [-0.15, -0.1) is 0 Å². The summed E-state index contributed by atoms with van der Waals surface area (Å²) in [5.41, 5.74) is 0.730. The summed E-state index contributed by atoms with van der Waals surface area (Å²) in [7, 11) is 0. The highest BCUT2D eigenvalue weighted by molar-refractivity contribution is 5.95. The number of carbonyl (C=O) groups is 1. The molecule has 2 fully saturated rings. The minimum absolute atomic E-state index is 0.114. The second-order valence-corrected chi connectivity index (χ2v) is 6.74. The van der Waals surface area contributed by atoms with E-state index in [0.29, 0.717) is 6.01 Å². The lowest BCUT2D eigenvalue weighted by Gasteiger charge is -2.32. The first-order valence-corrected chi connectivity index (χ1v) is 9.23. The van der Waals surface area contributed by atoms with Crippen LogP contribution in [-0.2, 0) is 0 Å². The van der Waals surface area contributed by atoms with E-state index >= 15 is 0 Å². The molecule has 4 rings (SSSR count). The molecule has 2 aromatic heterocycles. The molecule has 4 heterocycles. The van der Waals surface area contributed by atoms with Gasteiger partial charge in [-0.2, -0.15) is 0 Å². The van der Waals surface area contributed by atoms with Gasteiger partial charge in [0, 0.05) is 63.2 Å². The van der Waals surface area contributed by atoms with Crippen molar-refractivity contribution in [2.24, 2.45) is 0 Å². The summed E-state index contributed by atoms with van der Waals surface area (Å²) in [6.45, 7) is 3.40. The van der Waals surface area contributed by atoms with Crippen LogP contribution in [0.2, 0.25) is 0 Å². The van der Waals surface area contributed by atoms with Crippen LogP contribution < -0.4 is 9.64 Å². The first-order valence-electron chi connectivity index (χ1n) is 9.23. The third kappa shape index (κ3) is 3.76. The Morgan fingerprint density at radius 3 is 2.46 bits per heavy atom. The topological polar surface area (TPSA) is 71.5 Å². The van der Waals surface area contributed by atoms with Crippen LogP contribution in [0.25, 0.3) is 0 Å². The maximum absolute atomic E-state index is 12.6. The normalized spacial score (nSPS) is 18.2. The van der Waals surface area contributed by atoms with Gasteiger partial charge in [0.25, 0.3) is 5.91 Å². The van der Waals surface area contributed by atoms with Gasteiger partial charge < -0.3 is 14.5 Å². The fraction of sp³-hybridized carbons (Fsp3) is 0.474. The molecule has 0 radical (unpaired) electrons. The van der Waals surface area contributed by atoms with Crippen molar-refractivity contribution in [1.29, 1.82) is 0 Å². The summed E-state index contributed by atoms with van der Waals surface area (Å²) in [4.78, 5) is 29.4. The van der Waals surface area contributed by atoms with Crippen molar-refractivity contribution in [3.05, 3.63) is 42.4 Å². The van der Waals surface area contributed by atoms with Gasteiger partial charge in [-0.1, -0.05) is 0 Å². The van der Waals surface area contributed by atoms with E-state index in [1.54, 1.807) is 24.7 Å². The number of anilines is 1. The first-order chi connectivity index (χ1) is 12.8. The Bertz CT molecular complexity index is 741. The van der Waals surface area contributed by atoms with Gasteiger partial charge in [-0.05, 0) is 31.0 Å². The molecule has 0 aromatic carbocycles. The van der Waals surface area contributed by atoms with Crippen LogP contribution in [0, 0.1) is 0 Å². The van der Waals surface area contributed by atoms with E-state index in [4.69, 9.17) is 4.74 Å². The number of hydrogen-bond acceptors (Lipinski definition) is 6. The third-order valence-electron chi connectivity index (χ3n) is 4.97. The molecular weight excluding hydrogens is 330 g/mol. The minimum Gasteiger partial charge on any atom is -0.460 e. The van der Waals surface area contributed by atoms with Crippen LogP contribution in [0.4, 0.5) is 5.82 Å². The maximum atomic E-state index is 12.6. The molecule has 7 nitrogen and oxygen atoms in total. The number of aromatic nitrogens is 3. The fourth-order valence-electron chi connectivity index (χ4n) is 3.53. The molecule has 0 N–H and O–H groups in total. The molecule has 0 bridgehead atoms. The number of pyridine rings is 1.